The van der Waals surface area contributed by atoms with E-state index in [9.17, 15) is 4.39 Å². The maximum absolute atomic E-state index is 13.0. The Morgan fingerprint density at radius 2 is 1.87 bits per heavy atom. The van der Waals surface area contributed by atoms with Gasteiger partial charge < -0.3 is 4.42 Å². The minimum absolute atomic E-state index is 0.340. The van der Waals surface area contributed by atoms with Gasteiger partial charge in [0.2, 0.25) is 11.8 Å². The number of rotatable bonds is 5. The Hall–Kier alpha value is -1.72. The van der Waals surface area contributed by atoms with Crippen LogP contribution in [-0.4, -0.2) is 10.2 Å². The van der Waals surface area contributed by atoms with Gasteiger partial charge in [-0.15, -0.1) is 10.2 Å². The number of nitrogens with zero attached hydrogens (tertiary/aromatic N) is 2. The molecular formula is C17H13BrClFN2O. The van der Waals surface area contributed by atoms with Gasteiger partial charge in [0, 0.05) is 15.9 Å². The smallest absolute Gasteiger partial charge is 0.220 e. The van der Waals surface area contributed by atoms with E-state index >= 15 is 0 Å². The molecule has 0 saturated heterocycles. The van der Waals surface area contributed by atoms with Crippen molar-refractivity contribution in [2.45, 2.75) is 19.3 Å². The number of aromatic nitrogens is 2. The zero-order chi connectivity index (χ0) is 16.2. The second-order valence-corrected chi connectivity index (χ2v) is 6.45. The highest BCUT2D eigenvalue weighted by molar-refractivity contribution is 9.10. The summed E-state index contributed by atoms with van der Waals surface area (Å²) in [4.78, 5) is 0. The lowest BCUT2D eigenvalue weighted by molar-refractivity contribution is 0.457. The fourth-order valence-electron chi connectivity index (χ4n) is 2.25. The Labute approximate surface area is 146 Å². The Balaban J connectivity index is 1.63. The van der Waals surface area contributed by atoms with Crippen molar-refractivity contribution in [3.05, 3.63) is 80.7 Å². The Bertz CT molecular complexity index is 822. The van der Waals surface area contributed by atoms with E-state index in [1.165, 1.54) is 12.1 Å². The molecule has 3 aromatic rings. The summed E-state index contributed by atoms with van der Waals surface area (Å²) in [7, 11) is 0. The van der Waals surface area contributed by atoms with E-state index in [1.54, 1.807) is 6.07 Å². The van der Waals surface area contributed by atoms with Gasteiger partial charge in [0.25, 0.3) is 0 Å². The second kappa shape index (κ2) is 7.23. The summed E-state index contributed by atoms with van der Waals surface area (Å²) >= 11 is 9.45. The van der Waals surface area contributed by atoms with Gasteiger partial charge in [0.15, 0.2) is 0 Å². The fourth-order valence-corrected chi connectivity index (χ4v) is 2.96. The molecule has 0 saturated carbocycles. The first-order valence-electron chi connectivity index (χ1n) is 7.10. The third-order valence-corrected chi connectivity index (χ3v) is 4.22. The predicted molar refractivity (Wildman–Crippen MR) is 90.1 cm³/mol. The van der Waals surface area contributed by atoms with E-state index < -0.39 is 0 Å². The molecule has 0 fully saturated rings. The molecule has 0 atom stereocenters. The highest BCUT2D eigenvalue weighted by Gasteiger charge is 2.09. The van der Waals surface area contributed by atoms with Gasteiger partial charge in [0.05, 0.1) is 6.42 Å². The minimum atomic E-state index is -0.340. The van der Waals surface area contributed by atoms with Crippen LogP contribution in [0.25, 0.3) is 0 Å². The monoisotopic (exact) mass is 394 g/mol. The standard InChI is InChI=1S/C17H13BrClFN2O/c18-13-3-1-2-11(8-13)9-17-22-21-16(23-17)7-5-12-4-6-14(20)10-15(12)19/h1-4,6,8,10H,5,7,9H2. The van der Waals surface area contributed by atoms with Crippen LogP contribution in [0.15, 0.2) is 51.4 Å². The van der Waals surface area contributed by atoms with Crippen LogP contribution in [0.2, 0.25) is 5.02 Å². The Morgan fingerprint density at radius 1 is 1.04 bits per heavy atom. The summed E-state index contributed by atoms with van der Waals surface area (Å²) in [5, 5.41) is 8.53. The fraction of sp³-hybridized carbons (Fsp3) is 0.176. The van der Waals surface area contributed by atoms with Gasteiger partial charge in [0.1, 0.15) is 5.82 Å². The van der Waals surface area contributed by atoms with Crippen molar-refractivity contribution >= 4 is 27.5 Å². The van der Waals surface area contributed by atoms with E-state index in [1.807, 2.05) is 24.3 Å². The maximum Gasteiger partial charge on any atom is 0.220 e. The average molecular weight is 396 g/mol. The molecule has 1 heterocycles. The first kappa shape index (κ1) is 16.1. The van der Waals surface area contributed by atoms with Crippen molar-refractivity contribution in [2.75, 3.05) is 0 Å². The van der Waals surface area contributed by atoms with Crippen molar-refractivity contribution < 1.29 is 8.81 Å². The van der Waals surface area contributed by atoms with Crippen molar-refractivity contribution in [1.82, 2.24) is 10.2 Å². The second-order valence-electron chi connectivity index (χ2n) is 5.13. The Morgan fingerprint density at radius 3 is 2.65 bits per heavy atom. The number of halogens is 3. The van der Waals surface area contributed by atoms with Gasteiger partial charge in [-0.2, -0.15) is 0 Å². The molecule has 0 aliphatic heterocycles. The van der Waals surface area contributed by atoms with Gasteiger partial charge in [-0.3, -0.25) is 0 Å². The normalized spacial score (nSPS) is 10.9. The zero-order valence-electron chi connectivity index (χ0n) is 12.1. The van der Waals surface area contributed by atoms with Gasteiger partial charge >= 0.3 is 0 Å². The molecule has 1 aromatic heterocycles. The van der Waals surface area contributed by atoms with Crippen LogP contribution < -0.4 is 0 Å². The highest BCUT2D eigenvalue weighted by Crippen LogP contribution is 2.19. The van der Waals surface area contributed by atoms with Gasteiger partial charge in [-0.05, 0) is 41.8 Å². The lowest BCUT2D eigenvalue weighted by atomic mass is 10.1. The molecule has 23 heavy (non-hydrogen) atoms. The third kappa shape index (κ3) is 4.39. The van der Waals surface area contributed by atoms with Crippen molar-refractivity contribution in [3.63, 3.8) is 0 Å². The summed E-state index contributed by atoms with van der Waals surface area (Å²) in [6.07, 6.45) is 1.78. The van der Waals surface area contributed by atoms with Gasteiger partial charge in [-0.25, -0.2) is 4.39 Å². The molecule has 0 spiro atoms. The van der Waals surface area contributed by atoms with Crippen LogP contribution in [0, 0.1) is 5.82 Å². The summed E-state index contributed by atoms with van der Waals surface area (Å²) in [6, 6.07) is 12.3. The van der Waals surface area contributed by atoms with Crippen LogP contribution in [0.5, 0.6) is 0 Å². The van der Waals surface area contributed by atoms with Crippen LogP contribution in [0.4, 0.5) is 4.39 Å². The van der Waals surface area contributed by atoms with E-state index in [4.69, 9.17) is 16.0 Å². The first-order chi connectivity index (χ1) is 11.1. The SMILES string of the molecule is Fc1ccc(CCc2nnc(Cc3cccc(Br)c3)o2)c(Cl)c1. The molecule has 0 radical (unpaired) electrons. The third-order valence-electron chi connectivity index (χ3n) is 3.38. The van der Waals surface area contributed by atoms with Crippen molar-refractivity contribution in [2.24, 2.45) is 0 Å². The van der Waals surface area contributed by atoms with Crippen molar-refractivity contribution in [1.29, 1.82) is 0 Å². The number of aryl methyl sites for hydroxylation is 2. The maximum atomic E-state index is 13.0. The number of benzene rings is 2. The van der Waals surface area contributed by atoms with Crippen LogP contribution in [0.1, 0.15) is 22.9 Å². The minimum Gasteiger partial charge on any atom is -0.425 e. The molecule has 3 rings (SSSR count). The Kier molecular flexibility index (Phi) is 5.08. The molecule has 6 heteroatoms. The van der Waals surface area contributed by atoms with Crippen molar-refractivity contribution in [3.8, 4) is 0 Å². The average Bonchev–Trinajstić information content (AvgIpc) is 2.94. The molecule has 0 N–H and O–H groups in total. The number of hydrogen-bond acceptors (Lipinski definition) is 3. The lowest BCUT2D eigenvalue weighted by Crippen LogP contribution is -1.93. The molecule has 0 aliphatic carbocycles. The summed E-state index contributed by atoms with van der Waals surface area (Å²) in [5.41, 5.74) is 1.95. The van der Waals surface area contributed by atoms with Crippen LogP contribution in [0.3, 0.4) is 0 Å². The summed E-state index contributed by atoms with van der Waals surface area (Å²) in [5.74, 6) is 0.784. The van der Waals surface area contributed by atoms with E-state index in [2.05, 4.69) is 26.1 Å². The zero-order valence-corrected chi connectivity index (χ0v) is 14.4. The van der Waals surface area contributed by atoms with E-state index in [0.29, 0.717) is 36.1 Å². The summed E-state index contributed by atoms with van der Waals surface area (Å²) < 4.78 is 19.7. The molecule has 0 aliphatic rings. The molecule has 0 bridgehead atoms. The first-order valence-corrected chi connectivity index (χ1v) is 8.27. The van der Waals surface area contributed by atoms with E-state index in [0.717, 1.165) is 15.6 Å². The summed E-state index contributed by atoms with van der Waals surface area (Å²) in [6.45, 7) is 0. The van der Waals surface area contributed by atoms with Crippen LogP contribution in [-0.2, 0) is 19.3 Å². The topological polar surface area (TPSA) is 38.9 Å². The molecule has 118 valence electrons. The molecule has 2 aromatic carbocycles. The van der Waals surface area contributed by atoms with E-state index in [-0.39, 0.29) is 5.82 Å². The molecular weight excluding hydrogens is 383 g/mol. The van der Waals surface area contributed by atoms with Gasteiger partial charge in [-0.1, -0.05) is 45.7 Å². The highest BCUT2D eigenvalue weighted by atomic mass is 79.9. The molecule has 0 amide bonds. The largest absolute Gasteiger partial charge is 0.425 e. The molecule has 0 unspecified atom stereocenters. The quantitative estimate of drug-likeness (QED) is 0.610. The lowest BCUT2D eigenvalue weighted by Gasteiger charge is -2.02. The van der Waals surface area contributed by atoms with Crippen LogP contribution >= 0.6 is 27.5 Å². The molecule has 3 nitrogen and oxygen atoms in total. The predicted octanol–water partition coefficient (Wildman–Crippen LogP) is 5.00. The number of hydrogen-bond donors (Lipinski definition) is 0.